The van der Waals surface area contributed by atoms with Crippen molar-refractivity contribution in [3.63, 3.8) is 0 Å². The van der Waals surface area contributed by atoms with Crippen LogP contribution in [0.3, 0.4) is 0 Å². The molecule has 3 amide bonds. The number of hydrogen-bond donors (Lipinski definition) is 8. The van der Waals surface area contributed by atoms with Gasteiger partial charge in [0.1, 0.15) is 18.1 Å². The first kappa shape index (κ1) is 34.7. The summed E-state index contributed by atoms with van der Waals surface area (Å²) in [4.78, 5) is 54.9. The predicted molar refractivity (Wildman–Crippen MR) is 157 cm³/mol. The van der Waals surface area contributed by atoms with Crippen LogP contribution in [0.5, 0.6) is 0 Å². The first-order valence-corrected chi connectivity index (χ1v) is 14.7. The first-order valence-electron chi connectivity index (χ1n) is 13.3. The van der Waals surface area contributed by atoms with Gasteiger partial charge >= 0.3 is 5.97 Å². The van der Waals surface area contributed by atoms with Gasteiger partial charge in [-0.3, -0.25) is 19.4 Å². The third-order valence-corrected chi connectivity index (χ3v) is 6.66. The topological polar surface area (TPSA) is 241 Å². The normalized spacial score (nSPS) is 13.8. The molecule has 1 aromatic carbocycles. The highest BCUT2D eigenvalue weighted by Gasteiger charge is 2.30. The van der Waals surface area contributed by atoms with Crippen LogP contribution in [0.15, 0.2) is 35.3 Å². The highest BCUT2D eigenvalue weighted by molar-refractivity contribution is 7.98. The summed E-state index contributed by atoms with van der Waals surface area (Å²) in [6, 6.07) is 5.20. The average molecular weight is 581 g/mol. The fourth-order valence-electron chi connectivity index (χ4n) is 3.81. The maximum Gasteiger partial charge on any atom is 0.326 e. The molecule has 0 fully saturated rings. The number of rotatable bonds is 20. The summed E-state index contributed by atoms with van der Waals surface area (Å²) >= 11 is 1.45. The van der Waals surface area contributed by atoms with E-state index in [9.17, 15) is 24.3 Å². The van der Waals surface area contributed by atoms with Gasteiger partial charge in [-0.15, -0.1) is 0 Å². The number of carboxylic acids is 1. The fourth-order valence-corrected chi connectivity index (χ4v) is 4.28. The second kappa shape index (κ2) is 19.7. The van der Waals surface area contributed by atoms with Crippen LogP contribution in [0, 0.1) is 0 Å². The fraction of sp³-hybridized carbons (Fsp3) is 0.577. The number of guanidine groups is 1. The van der Waals surface area contributed by atoms with Crippen LogP contribution in [-0.2, 0) is 25.6 Å². The number of carbonyl (C=O) groups excluding carboxylic acids is 3. The summed E-state index contributed by atoms with van der Waals surface area (Å²) in [5, 5.41) is 17.4. The Labute approximate surface area is 239 Å². The van der Waals surface area contributed by atoms with E-state index in [1.165, 1.54) is 11.8 Å². The van der Waals surface area contributed by atoms with Gasteiger partial charge in [-0.2, -0.15) is 11.8 Å². The number of nitrogens with two attached hydrogens (primary N) is 4. The Balaban J connectivity index is 3.01. The van der Waals surface area contributed by atoms with Crippen molar-refractivity contribution in [1.29, 1.82) is 0 Å². The van der Waals surface area contributed by atoms with Gasteiger partial charge in [-0.25, -0.2) is 4.79 Å². The first-order chi connectivity index (χ1) is 19.1. The number of amides is 3. The number of nitrogens with zero attached hydrogens (tertiary/aromatic N) is 1. The molecule has 13 nitrogen and oxygen atoms in total. The summed E-state index contributed by atoms with van der Waals surface area (Å²) in [6.45, 7) is 0.625. The van der Waals surface area contributed by atoms with Gasteiger partial charge < -0.3 is 44.0 Å². The van der Waals surface area contributed by atoms with Gasteiger partial charge in [0.05, 0.1) is 6.04 Å². The Bertz CT molecular complexity index is 962. The lowest BCUT2D eigenvalue weighted by Gasteiger charge is -2.25. The van der Waals surface area contributed by atoms with Gasteiger partial charge in [-0.05, 0) is 69.1 Å². The van der Waals surface area contributed by atoms with Crippen molar-refractivity contribution in [1.82, 2.24) is 16.0 Å². The molecule has 224 valence electrons. The van der Waals surface area contributed by atoms with E-state index < -0.39 is 47.9 Å². The van der Waals surface area contributed by atoms with Crippen molar-refractivity contribution in [3.05, 3.63) is 35.9 Å². The molecule has 0 radical (unpaired) electrons. The third-order valence-electron chi connectivity index (χ3n) is 6.02. The second-order valence-corrected chi connectivity index (χ2v) is 10.3. The van der Waals surface area contributed by atoms with E-state index in [1.807, 2.05) is 36.6 Å². The Hall–Kier alpha value is -3.36. The average Bonchev–Trinajstić information content (AvgIpc) is 2.92. The number of thioether (sulfide) groups is 1. The van der Waals surface area contributed by atoms with E-state index in [0.29, 0.717) is 31.6 Å². The van der Waals surface area contributed by atoms with Crippen molar-refractivity contribution in [2.24, 2.45) is 27.9 Å². The molecule has 0 aliphatic carbocycles. The zero-order chi connectivity index (χ0) is 29.9. The van der Waals surface area contributed by atoms with Crippen molar-refractivity contribution >= 4 is 41.4 Å². The van der Waals surface area contributed by atoms with Crippen LogP contribution in [0.4, 0.5) is 0 Å². The molecule has 0 heterocycles. The zero-order valence-corrected chi connectivity index (χ0v) is 23.8. The number of nitrogens with one attached hydrogen (secondary N) is 3. The molecule has 14 heteroatoms. The Kier molecular flexibility index (Phi) is 17.0. The minimum Gasteiger partial charge on any atom is -0.480 e. The Morgan fingerprint density at radius 2 is 1.45 bits per heavy atom. The molecule has 4 unspecified atom stereocenters. The maximum absolute atomic E-state index is 13.3. The third kappa shape index (κ3) is 14.1. The number of carboxylic acid groups (broad SMARTS) is 1. The quantitative estimate of drug-likeness (QED) is 0.0533. The molecule has 0 spiro atoms. The Morgan fingerprint density at radius 3 is 2.00 bits per heavy atom. The molecule has 0 aliphatic rings. The monoisotopic (exact) mass is 580 g/mol. The summed E-state index contributed by atoms with van der Waals surface area (Å²) in [7, 11) is 0. The van der Waals surface area contributed by atoms with Gasteiger partial charge in [-0.1, -0.05) is 30.3 Å². The SMILES string of the molecule is CSCCC(NC(=O)C(CCCN=C(N)N)NC(=O)C(CCCCN)NC(=O)C(N)Cc1ccccc1)C(=O)O. The molecule has 1 aromatic rings. The van der Waals surface area contributed by atoms with E-state index >= 15 is 0 Å². The zero-order valence-electron chi connectivity index (χ0n) is 23.0. The van der Waals surface area contributed by atoms with E-state index in [-0.39, 0.29) is 38.2 Å². The largest absolute Gasteiger partial charge is 0.480 e. The lowest BCUT2D eigenvalue weighted by molar-refractivity contribution is -0.142. The lowest BCUT2D eigenvalue weighted by Crippen LogP contribution is -2.57. The number of aliphatic carboxylic acids is 1. The maximum atomic E-state index is 13.3. The molecule has 0 saturated heterocycles. The van der Waals surface area contributed by atoms with E-state index in [4.69, 9.17) is 22.9 Å². The predicted octanol–water partition coefficient (Wildman–Crippen LogP) is -0.969. The molecule has 1 rings (SSSR count). The molecule has 40 heavy (non-hydrogen) atoms. The molecule has 0 aromatic heterocycles. The molecule has 4 atom stereocenters. The van der Waals surface area contributed by atoms with Crippen LogP contribution in [0.25, 0.3) is 0 Å². The minimum absolute atomic E-state index is 0.109. The van der Waals surface area contributed by atoms with Gasteiger partial charge in [0.25, 0.3) is 0 Å². The summed E-state index contributed by atoms with van der Waals surface area (Å²) in [6.07, 6.45) is 4.28. The molecule has 0 saturated carbocycles. The number of aliphatic imine (C=N–C) groups is 1. The Morgan fingerprint density at radius 1 is 0.875 bits per heavy atom. The van der Waals surface area contributed by atoms with Gasteiger partial charge in [0.2, 0.25) is 17.7 Å². The van der Waals surface area contributed by atoms with Crippen molar-refractivity contribution in [2.75, 3.05) is 25.1 Å². The van der Waals surface area contributed by atoms with Gasteiger partial charge in [0.15, 0.2) is 5.96 Å². The highest BCUT2D eigenvalue weighted by atomic mass is 32.2. The molecule has 0 aliphatic heterocycles. The molecular weight excluding hydrogens is 536 g/mol. The molecule has 12 N–H and O–H groups in total. The number of unbranched alkanes of at least 4 members (excludes halogenated alkanes) is 1. The van der Waals surface area contributed by atoms with Crippen LogP contribution in [-0.4, -0.2) is 84.0 Å². The van der Waals surface area contributed by atoms with Crippen molar-refractivity contribution in [3.8, 4) is 0 Å². The van der Waals surface area contributed by atoms with E-state index in [2.05, 4.69) is 20.9 Å². The summed E-state index contributed by atoms with van der Waals surface area (Å²) < 4.78 is 0. The van der Waals surface area contributed by atoms with E-state index in [0.717, 1.165) is 5.56 Å². The van der Waals surface area contributed by atoms with Crippen LogP contribution in [0.2, 0.25) is 0 Å². The standard InChI is InChI=1S/C26H44N8O5S/c1-40-15-12-21(25(38)39)34-24(37)20(11-7-14-31-26(29)30)33-23(36)19(10-5-6-13-27)32-22(35)18(28)16-17-8-3-2-4-9-17/h2-4,8-9,18-21H,5-7,10-16,27-28H2,1H3,(H,32,35)(H,33,36)(H,34,37)(H,38,39)(H4,29,30,31). The smallest absolute Gasteiger partial charge is 0.326 e. The van der Waals surface area contributed by atoms with Crippen molar-refractivity contribution < 1.29 is 24.3 Å². The summed E-state index contributed by atoms with van der Waals surface area (Å²) in [5.41, 5.74) is 23.3. The van der Waals surface area contributed by atoms with Crippen LogP contribution < -0.4 is 38.9 Å². The van der Waals surface area contributed by atoms with Crippen LogP contribution >= 0.6 is 11.8 Å². The number of benzene rings is 1. The highest BCUT2D eigenvalue weighted by Crippen LogP contribution is 2.08. The van der Waals surface area contributed by atoms with E-state index in [1.54, 1.807) is 0 Å². The minimum atomic E-state index is -1.17. The van der Waals surface area contributed by atoms with Gasteiger partial charge in [0, 0.05) is 6.54 Å². The summed E-state index contributed by atoms with van der Waals surface area (Å²) in [5.74, 6) is -2.50. The van der Waals surface area contributed by atoms with Crippen molar-refractivity contribution in [2.45, 2.75) is 69.1 Å². The molecular formula is C26H44N8O5S. The number of carbonyl (C=O) groups is 4. The number of hydrogen-bond acceptors (Lipinski definition) is 8. The van der Waals surface area contributed by atoms with Crippen LogP contribution in [0.1, 0.15) is 44.1 Å². The lowest BCUT2D eigenvalue weighted by atomic mass is 10.0. The molecule has 0 bridgehead atoms. The second-order valence-electron chi connectivity index (χ2n) is 9.33.